The molecule has 1 aromatic heterocycles. The second-order valence-electron chi connectivity index (χ2n) is 8.47. The molecule has 2 fully saturated rings. The van der Waals surface area contributed by atoms with E-state index in [0.29, 0.717) is 12.5 Å². The molecule has 0 spiro atoms. The summed E-state index contributed by atoms with van der Waals surface area (Å²) >= 11 is 0. The molecule has 1 aliphatic carbocycles. The number of nitrogens with one attached hydrogen (secondary N) is 1. The highest BCUT2D eigenvalue weighted by Crippen LogP contribution is 2.41. The quantitative estimate of drug-likeness (QED) is 0.822. The summed E-state index contributed by atoms with van der Waals surface area (Å²) in [4.78, 5) is 15.7. The van der Waals surface area contributed by atoms with Crippen LogP contribution in [0.25, 0.3) is 0 Å². The van der Waals surface area contributed by atoms with Gasteiger partial charge in [0.05, 0.1) is 5.41 Å². The molecule has 2 heterocycles. The van der Waals surface area contributed by atoms with E-state index in [9.17, 15) is 9.18 Å². The third kappa shape index (κ3) is 4.74. The molecule has 1 N–H and O–H groups in total. The van der Waals surface area contributed by atoms with Gasteiger partial charge in [0.15, 0.2) is 0 Å². The Morgan fingerprint density at radius 3 is 2.62 bits per heavy atom. The molecule has 4 rings (SSSR count). The van der Waals surface area contributed by atoms with Crippen molar-refractivity contribution in [2.45, 2.75) is 57.4 Å². The average Bonchev–Trinajstić information content (AvgIpc) is 2.75. The van der Waals surface area contributed by atoms with E-state index >= 15 is 0 Å². The molecule has 0 radical (unpaired) electrons. The summed E-state index contributed by atoms with van der Waals surface area (Å²) < 4.78 is 13.7. The van der Waals surface area contributed by atoms with Gasteiger partial charge in [-0.3, -0.25) is 4.79 Å². The van der Waals surface area contributed by atoms with E-state index in [-0.39, 0.29) is 17.1 Å². The van der Waals surface area contributed by atoms with Crippen LogP contribution in [0, 0.1) is 11.2 Å². The molecule has 0 bridgehead atoms. The fraction of sp³-hybridized carbons (Fsp3) is 0.522. The van der Waals surface area contributed by atoms with Crippen molar-refractivity contribution >= 4 is 11.7 Å². The number of hydrogen-bond acceptors (Lipinski definition) is 4. The molecule has 5 nitrogen and oxygen atoms in total. The van der Waals surface area contributed by atoms with Crippen LogP contribution in [0.2, 0.25) is 0 Å². The van der Waals surface area contributed by atoms with Gasteiger partial charge in [-0.1, -0.05) is 31.4 Å². The summed E-state index contributed by atoms with van der Waals surface area (Å²) in [6, 6.07) is 10.8. The summed E-state index contributed by atoms with van der Waals surface area (Å²) in [5.74, 6) is 0.823. The van der Waals surface area contributed by atoms with E-state index in [1.807, 2.05) is 23.1 Å². The topological polar surface area (TPSA) is 58.1 Å². The Kier molecular flexibility index (Phi) is 6.07. The van der Waals surface area contributed by atoms with Crippen LogP contribution < -0.4 is 5.32 Å². The van der Waals surface area contributed by atoms with Crippen molar-refractivity contribution in [2.75, 3.05) is 18.4 Å². The molecular weight excluding hydrogens is 367 g/mol. The van der Waals surface area contributed by atoms with Crippen LogP contribution in [-0.4, -0.2) is 40.1 Å². The number of carbonyl (C=O) groups excluding carboxylic acids is 1. The minimum atomic E-state index is -0.378. The minimum Gasteiger partial charge on any atom is -0.366 e. The maximum Gasteiger partial charge on any atom is 0.229 e. The van der Waals surface area contributed by atoms with Gasteiger partial charge in [0.2, 0.25) is 5.91 Å². The van der Waals surface area contributed by atoms with Crippen LogP contribution in [0.5, 0.6) is 0 Å². The first-order chi connectivity index (χ1) is 14.1. The number of piperidine rings is 1. The Morgan fingerprint density at radius 1 is 1.14 bits per heavy atom. The SMILES string of the molecule is O=C(N1CCC(Nc2cccnn2)CC1)C1(Cc2cccc(F)c2)CCCCC1. The normalized spacial score (nSPS) is 19.7. The Morgan fingerprint density at radius 2 is 1.93 bits per heavy atom. The van der Waals surface area contributed by atoms with Gasteiger partial charge in [-0.25, -0.2) is 4.39 Å². The zero-order valence-corrected chi connectivity index (χ0v) is 16.8. The lowest BCUT2D eigenvalue weighted by molar-refractivity contribution is -0.145. The van der Waals surface area contributed by atoms with Crippen LogP contribution in [0.4, 0.5) is 10.2 Å². The van der Waals surface area contributed by atoms with Crippen LogP contribution in [0.3, 0.4) is 0 Å². The standard InChI is InChI=1S/C23H29FN4O/c24-19-7-4-6-18(16-19)17-23(11-2-1-3-12-23)22(29)28-14-9-20(10-15-28)26-21-8-5-13-25-27-21/h4-8,13,16,20H,1-3,9-12,14-15,17H2,(H,26,27). The van der Waals surface area contributed by atoms with E-state index in [4.69, 9.17) is 0 Å². The second kappa shape index (κ2) is 8.89. The molecule has 6 heteroatoms. The van der Waals surface area contributed by atoms with Crippen LogP contribution in [-0.2, 0) is 11.2 Å². The predicted molar refractivity (Wildman–Crippen MR) is 111 cm³/mol. The fourth-order valence-electron chi connectivity index (χ4n) is 4.88. The van der Waals surface area contributed by atoms with Crippen LogP contribution in [0.1, 0.15) is 50.5 Å². The molecule has 0 unspecified atom stereocenters. The molecule has 2 aromatic rings. The van der Waals surface area contributed by atoms with Gasteiger partial charge in [-0.05, 0) is 61.9 Å². The number of carbonyl (C=O) groups is 1. The number of rotatable bonds is 5. The van der Waals surface area contributed by atoms with Crippen molar-refractivity contribution < 1.29 is 9.18 Å². The summed E-state index contributed by atoms with van der Waals surface area (Å²) in [6.07, 6.45) is 9.24. The Labute approximate surface area is 171 Å². The summed E-state index contributed by atoms with van der Waals surface area (Å²) in [5, 5.41) is 11.4. The first-order valence-corrected chi connectivity index (χ1v) is 10.7. The van der Waals surface area contributed by atoms with Gasteiger partial charge in [-0.2, -0.15) is 5.10 Å². The largest absolute Gasteiger partial charge is 0.366 e. The average molecular weight is 397 g/mol. The number of anilines is 1. The number of nitrogens with zero attached hydrogens (tertiary/aromatic N) is 3. The van der Waals surface area contributed by atoms with Gasteiger partial charge in [-0.15, -0.1) is 5.10 Å². The number of amides is 1. The van der Waals surface area contributed by atoms with E-state index in [0.717, 1.165) is 63.0 Å². The predicted octanol–water partition coefficient (Wildman–Crippen LogP) is 4.21. The van der Waals surface area contributed by atoms with Crippen molar-refractivity contribution in [3.63, 3.8) is 0 Å². The van der Waals surface area contributed by atoms with Gasteiger partial charge in [0.25, 0.3) is 0 Å². The van der Waals surface area contributed by atoms with Crippen LogP contribution in [0.15, 0.2) is 42.6 Å². The zero-order chi connectivity index (χ0) is 20.1. The van der Waals surface area contributed by atoms with Crippen molar-refractivity contribution in [3.8, 4) is 0 Å². The van der Waals surface area contributed by atoms with Gasteiger partial charge >= 0.3 is 0 Å². The Bertz CT molecular complexity index is 815. The first-order valence-electron chi connectivity index (χ1n) is 10.7. The minimum absolute atomic E-state index is 0.225. The van der Waals surface area contributed by atoms with Crippen molar-refractivity contribution in [1.82, 2.24) is 15.1 Å². The number of halogens is 1. The highest BCUT2D eigenvalue weighted by Gasteiger charge is 2.42. The molecule has 1 saturated heterocycles. The molecule has 1 aliphatic heterocycles. The summed E-state index contributed by atoms with van der Waals surface area (Å²) in [7, 11) is 0. The molecule has 29 heavy (non-hydrogen) atoms. The van der Waals surface area contributed by atoms with Gasteiger partial charge in [0.1, 0.15) is 11.6 Å². The first kappa shape index (κ1) is 19.8. The molecular formula is C23H29FN4O. The maximum atomic E-state index is 13.7. The Hall–Kier alpha value is -2.50. The molecule has 1 saturated carbocycles. The summed E-state index contributed by atoms with van der Waals surface area (Å²) in [5.41, 5.74) is 0.552. The molecule has 0 atom stereocenters. The molecule has 1 amide bonds. The lowest BCUT2D eigenvalue weighted by Crippen LogP contribution is -2.50. The maximum absolute atomic E-state index is 13.7. The van der Waals surface area contributed by atoms with Gasteiger partial charge in [0, 0.05) is 25.3 Å². The van der Waals surface area contributed by atoms with Crippen molar-refractivity contribution in [1.29, 1.82) is 0 Å². The molecule has 1 aromatic carbocycles. The number of benzene rings is 1. The van der Waals surface area contributed by atoms with E-state index in [2.05, 4.69) is 15.5 Å². The van der Waals surface area contributed by atoms with Gasteiger partial charge < -0.3 is 10.2 Å². The molecule has 2 aliphatic rings. The lowest BCUT2D eigenvalue weighted by atomic mass is 9.69. The van der Waals surface area contributed by atoms with E-state index in [1.54, 1.807) is 18.3 Å². The summed E-state index contributed by atoms with van der Waals surface area (Å²) in [6.45, 7) is 1.50. The monoisotopic (exact) mass is 396 g/mol. The zero-order valence-electron chi connectivity index (χ0n) is 16.8. The third-order valence-corrected chi connectivity index (χ3v) is 6.40. The van der Waals surface area contributed by atoms with Crippen molar-refractivity contribution in [3.05, 3.63) is 54.0 Å². The number of hydrogen-bond donors (Lipinski definition) is 1. The van der Waals surface area contributed by atoms with Crippen LogP contribution >= 0.6 is 0 Å². The van der Waals surface area contributed by atoms with E-state index in [1.165, 1.54) is 12.5 Å². The van der Waals surface area contributed by atoms with E-state index < -0.39 is 0 Å². The Balaban J connectivity index is 1.42. The number of likely N-dealkylation sites (tertiary alicyclic amines) is 1. The molecule has 154 valence electrons. The number of aromatic nitrogens is 2. The lowest BCUT2D eigenvalue weighted by Gasteiger charge is -2.42. The third-order valence-electron chi connectivity index (χ3n) is 6.40. The highest BCUT2D eigenvalue weighted by molar-refractivity contribution is 5.83. The second-order valence-corrected chi connectivity index (χ2v) is 8.47. The fourth-order valence-corrected chi connectivity index (χ4v) is 4.88. The van der Waals surface area contributed by atoms with Crippen molar-refractivity contribution in [2.24, 2.45) is 5.41 Å². The highest BCUT2D eigenvalue weighted by atomic mass is 19.1. The smallest absolute Gasteiger partial charge is 0.229 e.